The van der Waals surface area contributed by atoms with Crippen LogP contribution in [0, 0.1) is 0 Å². The van der Waals surface area contributed by atoms with Crippen molar-refractivity contribution in [1.29, 1.82) is 0 Å². The van der Waals surface area contributed by atoms with Crippen molar-refractivity contribution < 1.29 is 18.3 Å². The highest BCUT2D eigenvalue weighted by Crippen LogP contribution is 2.30. The van der Waals surface area contributed by atoms with E-state index in [1.807, 2.05) is 24.3 Å². The summed E-state index contributed by atoms with van der Waals surface area (Å²) in [6.45, 7) is 6.59. The summed E-state index contributed by atoms with van der Waals surface area (Å²) in [4.78, 5) is 0.287. The molecule has 0 unspecified atom stereocenters. The number of hydrogen-bond donors (Lipinski definition) is 1. The molecule has 0 atom stereocenters. The molecule has 168 valence electrons. The molecule has 0 heterocycles. The first kappa shape index (κ1) is 22.6. The van der Waals surface area contributed by atoms with Gasteiger partial charge in [0.25, 0.3) is 0 Å². The molecule has 0 aliphatic heterocycles. The van der Waals surface area contributed by atoms with Crippen molar-refractivity contribution in [2.75, 3.05) is 0 Å². The Hall–Kier alpha value is -3.57. The van der Waals surface area contributed by atoms with Crippen LogP contribution >= 0.6 is 0 Å². The van der Waals surface area contributed by atoms with Crippen LogP contribution < -0.4 is 4.74 Å². The normalized spacial score (nSPS) is 11.8. The quantitative estimate of drug-likeness (QED) is 0.350. The van der Waals surface area contributed by atoms with Crippen LogP contribution in [0.4, 0.5) is 0 Å². The van der Waals surface area contributed by atoms with Gasteiger partial charge in [-0.25, -0.2) is 8.42 Å². The fraction of sp³-hybridized carbons (Fsp3) is 0.143. The average molecular weight is 459 g/mol. The molecule has 0 spiro atoms. The van der Waals surface area contributed by atoms with E-state index in [1.54, 1.807) is 12.1 Å². The zero-order valence-electron chi connectivity index (χ0n) is 18.8. The first-order valence-electron chi connectivity index (χ1n) is 10.7. The number of hydrogen-bond acceptors (Lipinski definition) is 4. The van der Waals surface area contributed by atoms with Crippen molar-refractivity contribution in [1.82, 2.24) is 0 Å². The number of phenolic OH excluding ortho intramolecular Hbond substituents is 1. The second kappa shape index (κ2) is 8.75. The summed E-state index contributed by atoms with van der Waals surface area (Å²) >= 11 is 0. The van der Waals surface area contributed by atoms with Crippen LogP contribution in [-0.2, 0) is 15.3 Å². The van der Waals surface area contributed by atoms with Crippen LogP contribution in [-0.4, -0.2) is 13.5 Å². The van der Waals surface area contributed by atoms with Crippen molar-refractivity contribution in [2.24, 2.45) is 0 Å². The topological polar surface area (TPSA) is 63.6 Å². The summed E-state index contributed by atoms with van der Waals surface area (Å²) in [6, 6.07) is 28.2. The van der Waals surface area contributed by atoms with E-state index >= 15 is 0 Å². The standard InChI is InChI=1S/C28H26O4S/c1-28(2,3)22-8-4-20(5-9-22)21-6-12-24(13-7-21)32-25-14-18-27(19-15-25)33(30,31)26-16-10-23(29)11-17-26/h4-19,29H,1-3H3. The molecule has 0 radical (unpaired) electrons. The summed E-state index contributed by atoms with van der Waals surface area (Å²) in [6.07, 6.45) is 0. The lowest BCUT2D eigenvalue weighted by molar-refractivity contribution is 0.475. The molecule has 0 aliphatic rings. The van der Waals surface area contributed by atoms with Crippen LogP contribution in [0.15, 0.2) is 107 Å². The van der Waals surface area contributed by atoms with Crippen molar-refractivity contribution in [2.45, 2.75) is 36.0 Å². The summed E-state index contributed by atoms with van der Waals surface area (Å²) in [5.74, 6) is 1.23. The van der Waals surface area contributed by atoms with Gasteiger partial charge < -0.3 is 9.84 Å². The van der Waals surface area contributed by atoms with Gasteiger partial charge in [0.05, 0.1) is 9.79 Å². The number of sulfone groups is 1. The SMILES string of the molecule is CC(C)(C)c1ccc(-c2ccc(Oc3ccc(S(=O)(=O)c4ccc(O)cc4)cc3)cc2)cc1. The third-order valence-corrected chi connectivity index (χ3v) is 7.24. The van der Waals surface area contributed by atoms with Gasteiger partial charge in [-0.1, -0.05) is 57.2 Å². The third-order valence-electron chi connectivity index (χ3n) is 5.46. The molecule has 4 nitrogen and oxygen atoms in total. The highest BCUT2D eigenvalue weighted by atomic mass is 32.2. The predicted octanol–water partition coefficient (Wildman–Crippen LogP) is 6.98. The van der Waals surface area contributed by atoms with E-state index in [4.69, 9.17) is 4.74 Å². The fourth-order valence-corrected chi connectivity index (χ4v) is 4.72. The summed E-state index contributed by atoms with van der Waals surface area (Å²) in [7, 11) is -3.66. The van der Waals surface area contributed by atoms with Gasteiger partial charge in [-0.15, -0.1) is 0 Å². The van der Waals surface area contributed by atoms with E-state index < -0.39 is 9.84 Å². The molecule has 0 saturated carbocycles. The summed E-state index contributed by atoms with van der Waals surface area (Å²) < 4.78 is 31.4. The van der Waals surface area contributed by atoms with Crippen LogP contribution in [0.25, 0.3) is 11.1 Å². The fourth-order valence-electron chi connectivity index (χ4n) is 3.46. The largest absolute Gasteiger partial charge is 0.508 e. The van der Waals surface area contributed by atoms with E-state index in [0.717, 1.165) is 11.1 Å². The Kier molecular flexibility index (Phi) is 6.00. The Morgan fingerprint density at radius 2 is 1.00 bits per heavy atom. The zero-order chi connectivity index (χ0) is 23.6. The Labute approximate surface area is 195 Å². The van der Waals surface area contributed by atoms with Gasteiger partial charge in [0.2, 0.25) is 9.84 Å². The number of phenols is 1. The highest BCUT2D eigenvalue weighted by molar-refractivity contribution is 7.91. The molecule has 0 aromatic heterocycles. The monoisotopic (exact) mass is 458 g/mol. The number of aromatic hydroxyl groups is 1. The van der Waals surface area contributed by atoms with Crippen LogP contribution in [0.1, 0.15) is 26.3 Å². The van der Waals surface area contributed by atoms with Crippen LogP contribution in [0.3, 0.4) is 0 Å². The molecule has 0 bridgehead atoms. The highest BCUT2D eigenvalue weighted by Gasteiger charge is 2.17. The molecular weight excluding hydrogens is 432 g/mol. The molecular formula is C28H26O4S. The third kappa shape index (κ3) is 5.10. The smallest absolute Gasteiger partial charge is 0.206 e. The second-order valence-electron chi connectivity index (χ2n) is 8.92. The van der Waals surface area contributed by atoms with Gasteiger partial charge in [-0.05, 0) is 82.8 Å². The van der Waals surface area contributed by atoms with E-state index in [2.05, 4.69) is 45.0 Å². The number of ether oxygens (including phenoxy) is 1. The molecule has 4 aromatic carbocycles. The minimum absolute atomic E-state index is 0.0191. The van der Waals surface area contributed by atoms with Crippen molar-refractivity contribution in [3.63, 3.8) is 0 Å². The Morgan fingerprint density at radius 1 is 0.606 bits per heavy atom. The van der Waals surface area contributed by atoms with Gasteiger partial charge in [0, 0.05) is 0 Å². The molecule has 0 aliphatic carbocycles. The van der Waals surface area contributed by atoms with Crippen molar-refractivity contribution in [3.8, 4) is 28.4 Å². The summed E-state index contributed by atoms with van der Waals surface area (Å²) in [5.41, 5.74) is 3.65. The number of benzene rings is 4. The van der Waals surface area contributed by atoms with Gasteiger partial charge in [-0.3, -0.25) is 0 Å². The maximum absolute atomic E-state index is 12.7. The molecule has 4 aromatic rings. The van der Waals surface area contributed by atoms with E-state index in [9.17, 15) is 13.5 Å². The molecule has 5 heteroatoms. The molecule has 33 heavy (non-hydrogen) atoms. The lowest BCUT2D eigenvalue weighted by Crippen LogP contribution is -2.10. The molecule has 0 fully saturated rings. The minimum atomic E-state index is -3.66. The van der Waals surface area contributed by atoms with Gasteiger partial charge >= 0.3 is 0 Å². The molecule has 1 N–H and O–H groups in total. The zero-order valence-corrected chi connectivity index (χ0v) is 19.6. The van der Waals surface area contributed by atoms with Crippen molar-refractivity contribution >= 4 is 9.84 Å². The maximum Gasteiger partial charge on any atom is 0.206 e. The minimum Gasteiger partial charge on any atom is -0.508 e. The van der Waals surface area contributed by atoms with Gasteiger partial charge in [0.1, 0.15) is 17.2 Å². The Bertz CT molecular complexity index is 1330. The summed E-state index contributed by atoms with van der Waals surface area (Å²) in [5, 5.41) is 9.38. The lowest BCUT2D eigenvalue weighted by Gasteiger charge is -2.19. The van der Waals surface area contributed by atoms with Crippen molar-refractivity contribution in [3.05, 3.63) is 103 Å². The molecule has 0 amide bonds. The number of rotatable bonds is 5. The molecule has 4 rings (SSSR count). The second-order valence-corrected chi connectivity index (χ2v) is 10.9. The first-order chi connectivity index (χ1) is 15.6. The van der Waals surface area contributed by atoms with Gasteiger partial charge in [0.15, 0.2) is 0 Å². The molecule has 0 saturated heterocycles. The van der Waals surface area contributed by atoms with E-state index in [0.29, 0.717) is 11.5 Å². The lowest BCUT2D eigenvalue weighted by atomic mass is 9.86. The van der Waals surface area contributed by atoms with Crippen LogP contribution in [0.2, 0.25) is 0 Å². The van der Waals surface area contributed by atoms with Gasteiger partial charge in [-0.2, -0.15) is 0 Å². The predicted molar refractivity (Wildman–Crippen MR) is 131 cm³/mol. The van der Waals surface area contributed by atoms with E-state index in [-0.39, 0.29) is 21.0 Å². The van der Waals surface area contributed by atoms with Crippen LogP contribution in [0.5, 0.6) is 17.2 Å². The average Bonchev–Trinajstić information content (AvgIpc) is 2.80. The Balaban J connectivity index is 1.47. The Morgan fingerprint density at radius 3 is 1.45 bits per heavy atom. The maximum atomic E-state index is 12.7. The first-order valence-corrected chi connectivity index (χ1v) is 12.1. The van der Waals surface area contributed by atoms with E-state index in [1.165, 1.54) is 42.0 Å².